The normalized spacial score (nSPS) is 19.0. The Balaban J connectivity index is 1.46. The van der Waals surface area contributed by atoms with Crippen molar-refractivity contribution in [2.75, 3.05) is 5.32 Å². The second kappa shape index (κ2) is 5.84. The third-order valence-electron chi connectivity index (χ3n) is 4.16. The third kappa shape index (κ3) is 2.76. The Hall–Kier alpha value is -3.09. The fraction of sp³-hybridized carbons (Fsp3) is 0.176. The molecule has 3 aromatic rings. The first-order valence-electron chi connectivity index (χ1n) is 7.61. The molecule has 0 radical (unpaired) electrons. The van der Waals surface area contributed by atoms with Gasteiger partial charge >= 0.3 is 0 Å². The molecule has 0 bridgehead atoms. The summed E-state index contributed by atoms with van der Waals surface area (Å²) in [5, 5.41) is 13.9. The van der Waals surface area contributed by atoms with Gasteiger partial charge in [-0.25, -0.2) is 9.07 Å². The summed E-state index contributed by atoms with van der Waals surface area (Å²) < 4.78 is 15.3. The number of aromatic nitrogens is 4. The van der Waals surface area contributed by atoms with Crippen molar-refractivity contribution in [1.29, 1.82) is 0 Å². The third-order valence-corrected chi connectivity index (χ3v) is 4.16. The van der Waals surface area contributed by atoms with Gasteiger partial charge in [0.05, 0.1) is 5.69 Å². The van der Waals surface area contributed by atoms with Gasteiger partial charge in [-0.2, -0.15) is 0 Å². The van der Waals surface area contributed by atoms with E-state index in [2.05, 4.69) is 20.8 Å². The van der Waals surface area contributed by atoms with Crippen LogP contribution in [0.2, 0.25) is 0 Å². The number of benzene rings is 2. The average molecular weight is 323 g/mol. The van der Waals surface area contributed by atoms with Crippen molar-refractivity contribution in [3.05, 3.63) is 66.2 Å². The lowest BCUT2D eigenvalue weighted by atomic mass is 10.1. The maximum Gasteiger partial charge on any atom is 0.228 e. The zero-order chi connectivity index (χ0) is 16.5. The van der Waals surface area contributed by atoms with E-state index in [1.165, 1.54) is 17.1 Å². The lowest BCUT2D eigenvalue weighted by molar-refractivity contribution is -0.117. The van der Waals surface area contributed by atoms with Crippen LogP contribution in [0.3, 0.4) is 0 Å². The van der Waals surface area contributed by atoms with Crippen LogP contribution < -0.4 is 5.32 Å². The Kier molecular flexibility index (Phi) is 3.53. The minimum atomic E-state index is -0.251. The van der Waals surface area contributed by atoms with Crippen LogP contribution in [0.4, 0.5) is 10.1 Å². The monoisotopic (exact) mass is 323 g/mol. The van der Waals surface area contributed by atoms with Crippen LogP contribution in [0.15, 0.2) is 54.9 Å². The summed E-state index contributed by atoms with van der Waals surface area (Å²) in [7, 11) is 0. The van der Waals surface area contributed by atoms with Crippen LogP contribution in [-0.4, -0.2) is 26.1 Å². The van der Waals surface area contributed by atoms with Gasteiger partial charge in [-0.3, -0.25) is 4.79 Å². The van der Waals surface area contributed by atoms with Crippen LogP contribution in [0, 0.1) is 11.7 Å². The fourth-order valence-electron chi connectivity index (χ4n) is 2.85. The minimum absolute atomic E-state index is 0.0473. The van der Waals surface area contributed by atoms with Gasteiger partial charge in [0.25, 0.3) is 0 Å². The van der Waals surface area contributed by atoms with Gasteiger partial charge in [0.15, 0.2) is 0 Å². The summed E-state index contributed by atoms with van der Waals surface area (Å²) in [4.78, 5) is 12.4. The van der Waals surface area contributed by atoms with Gasteiger partial charge < -0.3 is 5.32 Å². The number of nitrogens with one attached hydrogen (secondary N) is 1. The molecule has 24 heavy (non-hydrogen) atoms. The summed E-state index contributed by atoms with van der Waals surface area (Å²) in [5.41, 5.74) is 2.02. The molecule has 2 aromatic carbocycles. The molecule has 0 aliphatic heterocycles. The highest BCUT2D eigenvalue weighted by atomic mass is 19.1. The van der Waals surface area contributed by atoms with Crippen molar-refractivity contribution in [3.63, 3.8) is 0 Å². The van der Waals surface area contributed by atoms with Gasteiger partial charge in [0.1, 0.15) is 12.1 Å². The van der Waals surface area contributed by atoms with Crippen molar-refractivity contribution in [3.8, 4) is 5.69 Å². The molecule has 1 fully saturated rings. The van der Waals surface area contributed by atoms with E-state index in [-0.39, 0.29) is 23.6 Å². The Bertz CT molecular complexity index is 880. The largest absolute Gasteiger partial charge is 0.326 e. The van der Waals surface area contributed by atoms with Gasteiger partial charge in [0, 0.05) is 11.6 Å². The maximum absolute atomic E-state index is 13.8. The van der Waals surface area contributed by atoms with E-state index in [0.717, 1.165) is 5.69 Å². The number of tetrazole rings is 1. The quantitative estimate of drug-likeness (QED) is 0.801. The van der Waals surface area contributed by atoms with Crippen LogP contribution >= 0.6 is 0 Å². The van der Waals surface area contributed by atoms with Gasteiger partial charge in [-0.05, 0) is 52.6 Å². The Morgan fingerprint density at radius 2 is 2.08 bits per heavy atom. The molecule has 1 amide bonds. The summed E-state index contributed by atoms with van der Waals surface area (Å²) in [6.07, 6.45) is 2.15. The molecule has 4 rings (SSSR count). The molecule has 0 saturated heterocycles. The van der Waals surface area contributed by atoms with Crippen molar-refractivity contribution < 1.29 is 9.18 Å². The molecule has 1 aliphatic rings. The smallest absolute Gasteiger partial charge is 0.228 e. The van der Waals surface area contributed by atoms with E-state index in [9.17, 15) is 9.18 Å². The molecule has 6 nitrogen and oxygen atoms in total. The van der Waals surface area contributed by atoms with E-state index < -0.39 is 0 Å². The van der Waals surface area contributed by atoms with Crippen molar-refractivity contribution >= 4 is 11.6 Å². The van der Waals surface area contributed by atoms with Gasteiger partial charge in [-0.1, -0.05) is 24.3 Å². The summed E-state index contributed by atoms with van der Waals surface area (Å²) in [5.74, 6) is -0.594. The van der Waals surface area contributed by atoms with E-state index in [1.807, 2.05) is 12.1 Å². The molecule has 1 aromatic heterocycles. The fourth-order valence-corrected chi connectivity index (χ4v) is 2.85. The van der Waals surface area contributed by atoms with Gasteiger partial charge in [-0.15, -0.1) is 5.10 Å². The minimum Gasteiger partial charge on any atom is -0.326 e. The predicted octanol–water partition coefficient (Wildman–Crippen LogP) is 2.54. The number of carbonyl (C=O) groups excluding carboxylic acids is 1. The predicted molar refractivity (Wildman–Crippen MR) is 85.0 cm³/mol. The molecule has 120 valence electrons. The topological polar surface area (TPSA) is 72.7 Å². The molecule has 1 saturated carbocycles. The highest BCUT2D eigenvalue weighted by Crippen LogP contribution is 2.48. The summed E-state index contributed by atoms with van der Waals surface area (Å²) >= 11 is 0. The van der Waals surface area contributed by atoms with E-state index in [4.69, 9.17) is 0 Å². The number of rotatable bonds is 4. The molecular formula is C17H14FN5O. The lowest BCUT2D eigenvalue weighted by Gasteiger charge is -2.07. The van der Waals surface area contributed by atoms with Crippen LogP contribution in [-0.2, 0) is 4.79 Å². The Labute approximate surface area is 137 Å². The highest BCUT2D eigenvalue weighted by Gasteiger charge is 2.45. The molecule has 1 N–H and O–H groups in total. The first-order valence-corrected chi connectivity index (χ1v) is 7.61. The van der Waals surface area contributed by atoms with E-state index in [0.29, 0.717) is 17.7 Å². The number of halogens is 1. The van der Waals surface area contributed by atoms with Crippen molar-refractivity contribution in [1.82, 2.24) is 20.2 Å². The molecule has 2 atom stereocenters. The number of hydrogen-bond donors (Lipinski definition) is 1. The maximum atomic E-state index is 13.8. The van der Waals surface area contributed by atoms with Crippen molar-refractivity contribution in [2.24, 2.45) is 5.92 Å². The number of nitrogens with zero attached hydrogens (tertiary/aromatic N) is 4. The van der Waals surface area contributed by atoms with Crippen LogP contribution in [0.5, 0.6) is 0 Å². The van der Waals surface area contributed by atoms with Gasteiger partial charge in [0.2, 0.25) is 5.91 Å². The number of hydrogen-bond acceptors (Lipinski definition) is 4. The lowest BCUT2D eigenvalue weighted by Crippen LogP contribution is -2.15. The average Bonchev–Trinajstić information content (AvgIpc) is 3.19. The molecule has 2 unspecified atom stereocenters. The van der Waals surface area contributed by atoms with Crippen LogP contribution in [0.1, 0.15) is 17.9 Å². The van der Waals surface area contributed by atoms with Crippen molar-refractivity contribution in [2.45, 2.75) is 12.3 Å². The standard InChI is InChI=1S/C17H14FN5O/c18-16-7-2-1-6-13(16)14-9-15(14)17(24)20-11-4-3-5-12(8-11)23-10-19-21-22-23/h1-8,10,14-15H,9H2,(H,20,24). The second-order valence-corrected chi connectivity index (χ2v) is 5.76. The van der Waals surface area contributed by atoms with E-state index >= 15 is 0 Å². The second-order valence-electron chi connectivity index (χ2n) is 5.76. The summed E-state index contributed by atoms with van der Waals surface area (Å²) in [6, 6.07) is 13.9. The molecule has 7 heteroatoms. The number of amides is 1. The molecule has 1 aliphatic carbocycles. The number of carbonyl (C=O) groups is 1. The number of anilines is 1. The Morgan fingerprint density at radius 1 is 1.21 bits per heavy atom. The van der Waals surface area contributed by atoms with Crippen LogP contribution in [0.25, 0.3) is 5.69 Å². The highest BCUT2D eigenvalue weighted by molar-refractivity contribution is 5.95. The SMILES string of the molecule is O=C(Nc1cccc(-n2cnnn2)c1)C1CC1c1ccccc1F. The molecular weight excluding hydrogens is 309 g/mol. The first kappa shape index (κ1) is 14.5. The zero-order valence-corrected chi connectivity index (χ0v) is 12.6. The zero-order valence-electron chi connectivity index (χ0n) is 12.6. The molecule has 1 heterocycles. The first-order chi connectivity index (χ1) is 11.7. The molecule has 0 spiro atoms. The summed E-state index contributed by atoms with van der Waals surface area (Å²) in [6.45, 7) is 0. The van der Waals surface area contributed by atoms with E-state index in [1.54, 1.807) is 30.3 Å². The Morgan fingerprint density at radius 3 is 2.88 bits per heavy atom.